The van der Waals surface area contributed by atoms with Crippen LogP contribution in [0.15, 0.2) is 29.3 Å². The standard InChI is InChI=1S/C14H21N3O2/c1-18-8-9-19-13-5-2-4-12(10-13)11-17-14-15-6-3-7-16-14/h2,4-5,10H,3,6-9,11H2,1H3,(H2,15,16,17). The fourth-order valence-electron chi connectivity index (χ4n) is 1.82. The van der Waals surface area contributed by atoms with Gasteiger partial charge in [0.15, 0.2) is 5.96 Å². The average molecular weight is 263 g/mol. The summed E-state index contributed by atoms with van der Waals surface area (Å²) in [7, 11) is 1.67. The van der Waals surface area contributed by atoms with Gasteiger partial charge < -0.3 is 20.1 Å². The number of ether oxygens (including phenoxy) is 2. The molecular formula is C14H21N3O2. The van der Waals surface area contributed by atoms with Crippen LogP contribution in [0, 0.1) is 0 Å². The van der Waals surface area contributed by atoms with Crippen molar-refractivity contribution >= 4 is 5.96 Å². The van der Waals surface area contributed by atoms with Crippen LogP contribution in [0.5, 0.6) is 5.75 Å². The molecule has 5 heteroatoms. The van der Waals surface area contributed by atoms with Crippen LogP contribution in [0.4, 0.5) is 0 Å². The number of benzene rings is 1. The van der Waals surface area contributed by atoms with Gasteiger partial charge in [0.25, 0.3) is 0 Å². The van der Waals surface area contributed by atoms with Crippen LogP contribution in [-0.4, -0.2) is 39.4 Å². The number of guanidine groups is 1. The molecule has 1 aromatic carbocycles. The van der Waals surface area contributed by atoms with E-state index in [2.05, 4.69) is 21.7 Å². The molecule has 5 nitrogen and oxygen atoms in total. The Labute approximate surface area is 114 Å². The third-order valence-electron chi connectivity index (χ3n) is 2.81. The molecule has 0 spiro atoms. The summed E-state index contributed by atoms with van der Waals surface area (Å²) >= 11 is 0. The third kappa shape index (κ3) is 4.79. The summed E-state index contributed by atoms with van der Waals surface area (Å²) in [5, 5.41) is 6.53. The summed E-state index contributed by atoms with van der Waals surface area (Å²) in [5.74, 6) is 1.76. The Hall–Kier alpha value is -1.75. The molecule has 1 heterocycles. The molecule has 0 saturated carbocycles. The summed E-state index contributed by atoms with van der Waals surface area (Å²) in [6, 6.07) is 8.05. The predicted octanol–water partition coefficient (Wildman–Crippen LogP) is 1.15. The Morgan fingerprint density at radius 2 is 2.32 bits per heavy atom. The van der Waals surface area contributed by atoms with E-state index in [1.54, 1.807) is 7.11 Å². The van der Waals surface area contributed by atoms with Gasteiger partial charge in [0.05, 0.1) is 6.61 Å². The second-order valence-corrected chi connectivity index (χ2v) is 4.35. The number of nitrogens with one attached hydrogen (secondary N) is 2. The number of nitrogens with zero attached hydrogens (tertiary/aromatic N) is 1. The zero-order valence-corrected chi connectivity index (χ0v) is 11.3. The molecule has 1 aliphatic rings. The van der Waals surface area contributed by atoms with Crippen molar-refractivity contribution in [1.82, 2.24) is 10.6 Å². The lowest BCUT2D eigenvalue weighted by Gasteiger charge is -2.16. The van der Waals surface area contributed by atoms with Crippen LogP contribution >= 0.6 is 0 Å². The van der Waals surface area contributed by atoms with E-state index in [1.807, 2.05) is 18.2 Å². The average Bonchev–Trinajstić information content (AvgIpc) is 2.47. The molecule has 0 bridgehead atoms. The highest BCUT2D eigenvalue weighted by molar-refractivity contribution is 5.80. The lowest BCUT2D eigenvalue weighted by atomic mass is 10.2. The Morgan fingerprint density at radius 1 is 1.37 bits per heavy atom. The number of aliphatic imine (C=N–C) groups is 1. The van der Waals surface area contributed by atoms with Gasteiger partial charge in [0.2, 0.25) is 0 Å². The van der Waals surface area contributed by atoms with Crippen molar-refractivity contribution in [3.05, 3.63) is 29.8 Å². The Morgan fingerprint density at radius 3 is 3.11 bits per heavy atom. The lowest BCUT2D eigenvalue weighted by molar-refractivity contribution is 0.146. The molecule has 2 N–H and O–H groups in total. The van der Waals surface area contributed by atoms with Crippen molar-refractivity contribution in [2.24, 2.45) is 4.99 Å². The van der Waals surface area contributed by atoms with Gasteiger partial charge in [0, 0.05) is 26.7 Å². The van der Waals surface area contributed by atoms with Gasteiger partial charge in [-0.2, -0.15) is 0 Å². The zero-order valence-electron chi connectivity index (χ0n) is 11.3. The smallest absolute Gasteiger partial charge is 0.191 e. The van der Waals surface area contributed by atoms with Gasteiger partial charge in [-0.1, -0.05) is 12.1 Å². The molecule has 0 fully saturated rings. The summed E-state index contributed by atoms with van der Waals surface area (Å²) < 4.78 is 10.5. The fraction of sp³-hybridized carbons (Fsp3) is 0.500. The summed E-state index contributed by atoms with van der Waals surface area (Å²) in [6.45, 7) is 3.81. The SMILES string of the molecule is COCCOc1cccc(CNC2=NCCCN2)c1. The third-order valence-corrected chi connectivity index (χ3v) is 2.81. The van der Waals surface area contributed by atoms with E-state index < -0.39 is 0 Å². The molecule has 0 amide bonds. The first-order chi connectivity index (χ1) is 9.38. The van der Waals surface area contributed by atoms with Crippen molar-refractivity contribution in [2.45, 2.75) is 13.0 Å². The molecular weight excluding hydrogens is 242 g/mol. The van der Waals surface area contributed by atoms with E-state index in [1.165, 1.54) is 5.56 Å². The largest absolute Gasteiger partial charge is 0.491 e. The first kappa shape index (κ1) is 13.7. The van der Waals surface area contributed by atoms with Gasteiger partial charge in [-0.3, -0.25) is 4.99 Å². The lowest BCUT2D eigenvalue weighted by Crippen LogP contribution is -2.40. The fourth-order valence-corrected chi connectivity index (χ4v) is 1.82. The van der Waals surface area contributed by atoms with Gasteiger partial charge >= 0.3 is 0 Å². The summed E-state index contributed by atoms with van der Waals surface area (Å²) in [5.41, 5.74) is 1.17. The summed E-state index contributed by atoms with van der Waals surface area (Å²) in [6.07, 6.45) is 1.11. The Balaban J connectivity index is 1.82. The van der Waals surface area contributed by atoms with E-state index in [-0.39, 0.29) is 0 Å². The van der Waals surface area contributed by atoms with E-state index in [0.29, 0.717) is 13.2 Å². The van der Waals surface area contributed by atoms with Crippen molar-refractivity contribution in [2.75, 3.05) is 33.4 Å². The highest BCUT2D eigenvalue weighted by Gasteiger charge is 2.03. The van der Waals surface area contributed by atoms with E-state index in [4.69, 9.17) is 9.47 Å². The van der Waals surface area contributed by atoms with Crippen LogP contribution in [-0.2, 0) is 11.3 Å². The quantitative estimate of drug-likeness (QED) is 0.756. The molecule has 0 aliphatic carbocycles. The number of methoxy groups -OCH3 is 1. The first-order valence-corrected chi connectivity index (χ1v) is 6.61. The van der Waals surface area contributed by atoms with Crippen LogP contribution in [0.2, 0.25) is 0 Å². The molecule has 19 heavy (non-hydrogen) atoms. The maximum absolute atomic E-state index is 5.58. The van der Waals surface area contributed by atoms with Crippen molar-refractivity contribution in [3.63, 3.8) is 0 Å². The van der Waals surface area contributed by atoms with Gasteiger partial charge in [-0.05, 0) is 24.1 Å². The van der Waals surface area contributed by atoms with Crippen molar-refractivity contribution < 1.29 is 9.47 Å². The maximum atomic E-state index is 5.58. The second-order valence-electron chi connectivity index (χ2n) is 4.35. The van der Waals surface area contributed by atoms with E-state index in [0.717, 1.165) is 37.8 Å². The zero-order chi connectivity index (χ0) is 13.3. The summed E-state index contributed by atoms with van der Waals surface area (Å²) in [4.78, 5) is 4.37. The molecule has 0 saturated heterocycles. The molecule has 0 aromatic heterocycles. The Bertz CT molecular complexity index is 421. The minimum Gasteiger partial charge on any atom is -0.491 e. The van der Waals surface area contributed by atoms with Gasteiger partial charge in [0.1, 0.15) is 12.4 Å². The highest BCUT2D eigenvalue weighted by Crippen LogP contribution is 2.13. The van der Waals surface area contributed by atoms with Gasteiger partial charge in [-0.15, -0.1) is 0 Å². The number of hydrogen-bond acceptors (Lipinski definition) is 5. The van der Waals surface area contributed by atoms with E-state index >= 15 is 0 Å². The molecule has 0 radical (unpaired) electrons. The van der Waals surface area contributed by atoms with Crippen LogP contribution in [0.25, 0.3) is 0 Å². The Kier molecular flexibility index (Phi) is 5.49. The minimum absolute atomic E-state index is 0.571. The molecule has 0 atom stereocenters. The molecule has 2 rings (SSSR count). The second kappa shape index (κ2) is 7.63. The minimum atomic E-state index is 0.571. The van der Waals surface area contributed by atoms with Crippen LogP contribution in [0.1, 0.15) is 12.0 Å². The molecule has 104 valence electrons. The monoisotopic (exact) mass is 263 g/mol. The maximum Gasteiger partial charge on any atom is 0.191 e. The first-order valence-electron chi connectivity index (χ1n) is 6.61. The van der Waals surface area contributed by atoms with Crippen molar-refractivity contribution in [1.29, 1.82) is 0 Å². The van der Waals surface area contributed by atoms with Crippen LogP contribution < -0.4 is 15.4 Å². The normalized spacial score (nSPS) is 14.5. The number of hydrogen-bond donors (Lipinski definition) is 2. The van der Waals surface area contributed by atoms with Gasteiger partial charge in [-0.25, -0.2) is 0 Å². The topological polar surface area (TPSA) is 54.9 Å². The molecule has 0 unspecified atom stereocenters. The predicted molar refractivity (Wildman–Crippen MR) is 75.6 cm³/mol. The number of rotatable bonds is 6. The van der Waals surface area contributed by atoms with Crippen molar-refractivity contribution in [3.8, 4) is 5.75 Å². The molecule has 1 aromatic rings. The molecule has 1 aliphatic heterocycles. The highest BCUT2D eigenvalue weighted by atomic mass is 16.5. The van der Waals surface area contributed by atoms with Crippen LogP contribution in [0.3, 0.4) is 0 Å². The van der Waals surface area contributed by atoms with E-state index in [9.17, 15) is 0 Å².